The fourth-order valence-corrected chi connectivity index (χ4v) is 2.63. The van der Waals surface area contributed by atoms with E-state index >= 15 is 0 Å². The molecule has 0 saturated heterocycles. The molecule has 0 unspecified atom stereocenters. The molecule has 0 atom stereocenters. The third-order valence-electron chi connectivity index (χ3n) is 5.40. The molecule has 0 aromatic heterocycles. The van der Waals surface area contributed by atoms with Gasteiger partial charge in [-0.15, -0.1) is 0 Å². The molecule has 6 nitrogen and oxygen atoms in total. The van der Waals surface area contributed by atoms with Crippen LogP contribution in [0, 0.1) is 22.7 Å². The molecule has 0 bridgehead atoms. The van der Waals surface area contributed by atoms with Crippen molar-refractivity contribution in [3.8, 4) is 0 Å². The summed E-state index contributed by atoms with van der Waals surface area (Å²) in [6.45, 7) is 20.8. The van der Waals surface area contributed by atoms with Gasteiger partial charge in [-0.2, -0.15) is 0 Å². The largest absolute Gasteiger partial charge is 0.298 e. The van der Waals surface area contributed by atoms with Crippen LogP contribution in [0.4, 0.5) is 0 Å². The van der Waals surface area contributed by atoms with Crippen LogP contribution in [-0.2, 0) is 19.2 Å². The number of ketones is 4. The number of hydrogen-bond donors (Lipinski definition) is 0. The SMILES string of the molecule is CC(C)C(=O)CN(CCCN(CC(=O)C(C)(C)C)CC(=O)C(C)(C)C)CC(=O)C(C)C. The smallest absolute Gasteiger partial charge is 0.152 e. The summed E-state index contributed by atoms with van der Waals surface area (Å²) in [5, 5.41) is 0. The van der Waals surface area contributed by atoms with Crippen LogP contribution in [0.3, 0.4) is 0 Å². The highest BCUT2D eigenvalue weighted by atomic mass is 16.1. The first kappa shape index (κ1) is 29.6. The minimum Gasteiger partial charge on any atom is -0.298 e. The van der Waals surface area contributed by atoms with Gasteiger partial charge in [0, 0.05) is 35.8 Å². The van der Waals surface area contributed by atoms with E-state index in [9.17, 15) is 19.2 Å². The van der Waals surface area contributed by atoms with E-state index in [0.717, 1.165) is 0 Å². The van der Waals surface area contributed by atoms with Gasteiger partial charge in [0.05, 0.1) is 26.2 Å². The van der Waals surface area contributed by atoms with E-state index in [-0.39, 0.29) is 61.1 Å². The van der Waals surface area contributed by atoms with Crippen LogP contribution in [-0.4, -0.2) is 72.2 Å². The Balaban J connectivity index is 5.20. The predicted octanol–water partition coefficient (Wildman–Crippen LogP) is 3.66. The van der Waals surface area contributed by atoms with E-state index in [4.69, 9.17) is 0 Å². The molecule has 0 aliphatic carbocycles. The van der Waals surface area contributed by atoms with Crippen molar-refractivity contribution in [1.29, 1.82) is 0 Å². The van der Waals surface area contributed by atoms with Crippen LogP contribution in [0.5, 0.6) is 0 Å². The van der Waals surface area contributed by atoms with Crippen LogP contribution in [0.15, 0.2) is 0 Å². The minimum absolute atomic E-state index is 0.0815. The molecule has 180 valence electrons. The molecular formula is C25H46N2O4. The number of Topliss-reactive ketones (excluding diaryl/α,β-unsaturated/α-hetero) is 4. The summed E-state index contributed by atoms with van der Waals surface area (Å²) in [7, 11) is 0. The molecule has 0 aromatic carbocycles. The maximum Gasteiger partial charge on any atom is 0.152 e. The van der Waals surface area contributed by atoms with Crippen molar-refractivity contribution < 1.29 is 19.2 Å². The van der Waals surface area contributed by atoms with Gasteiger partial charge in [0.1, 0.15) is 11.6 Å². The van der Waals surface area contributed by atoms with Crippen LogP contribution < -0.4 is 0 Å². The standard InChI is InChI=1S/C25H46N2O4/c1-18(2)20(28)14-26(15-21(29)19(3)4)12-11-13-27(16-22(30)24(5,6)7)17-23(31)25(8,9)10/h18-19H,11-17H2,1-10H3. The quantitative estimate of drug-likeness (QED) is 0.412. The molecule has 31 heavy (non-hydrogen) atoms. The van der Waals surface area contributed by atoms with Crippen LogP contribution in [0.25, 0.3) is 0 Å². The fourth-order valence-electron chi connectivity index (χ4n) is 2.63. The second-order valence-electron chi connectivity index (χ2n) is 11.4. The first-order valence-corrected chi connectivity index (χ1v) is 11.5. The van der Waals surface area contributed by atoms with E-state index < -0.39 is 10.8 Å². The summed E-state index contributed by atoms with van der Waals surface area (Å²) in [4.78, 5) is 53.5. The van der Waals surface area contributed by atoms with E-state index in [1.54, 1.807) is 0 Å². The maximum atomic E-state index is 12.6. The lowest BCUT2D eigenvalue weighted by molar-refractivity contribution is -0.130. The number of hydrogen-bond acceptors (Lipinski definition) is 6. The molecule has 0 N–H and O–H groups in total. The summed E-state index contributed by atoms with van der Waals surface area (Å²) >= 11 is 0. The Kier molecular flexibility index (Phi) is 12.0. The van der Waals surface area contributed by atoms with Crippen molar-refractivity contribution in [2.45, 2.75) is 75.7 Å². The Morgan fingerprint density at radius 1 is 0.581 bits per heavy atom. The molecule has 0 saturated carbocycles. The third kappa shape index (κ3) is 12.3. The van der Waals surface area contributed by atoms with Crippen molar-refractivity contribution in [3.05, 3.63) is 0 Å². The molecule has 0 rings (SSSR count). The molecule has 0 fully saturated rings. The highest BCUT2D eigenvalue weighted by molar-refractivity contribution is 5.88. The van der Waals surface area contributed by atoms with E-state index in [1.807, 2.05) is 79.0 Å². The summed E-state index contributed by atoms with van der Waals surface area (Å²) in [5.74, 6) is 0.245. The summed E-state index contributed by atoms with van der Waals surface area (Å²) < 4.78 is 0. The summed E-state index contributed by atoms with van der Waals surface area (Å²) in [6, 6.07) is 0. The van der Waals surface area contributed by atoms with E-state index in [1.165, 1.54) is 0 Å². The van der Waals surface area contributed by atoms with Crippen LogP contribution in [0.2, 0.25) is 0 Å². The predicted molar refractivity (Wildman–Crippen MR) is 126 cm³/mol. The average molecular weight is 439 g/mol. The Labute approximate surface area is 190 Å². The number of nitrogens with zero attached hydrogens (tertiary/aromatic N) is 2. The van der Waals surface area contributed by atoms with Crippen molar-refractivity contribution >= 4 is 23.1 Å². The first-order valence-electron chi connectivity index (χ1n) is 11.5. The fraction of sp³-hybridized carbons (Fsp3) is 0.840. The van der Waals surface area contributed by atoms with Gasteiger partial charge in [-0.1, -0.05) is 69.2 Å². The van der Waals surface area contributed by atoms with Crippen molar-refractivity contribution in [2.24, 2.45) is 22.7 Å². The zero-order valence-corrected chi connectivity index (χ0v) is 21.6. The van der Waals surface area contributed by atoms with Gasteiger partial charge in [-0.05, 0) is 6.42 Å². The Hall–Kier alpha value is -1.40. The molecule has 0 aliphatic rings. The van der Waals surface area contributed by atoms with Crippen LogP contribution >= 0.6 is 0 Å². The van der Waals surface area contributed by atoms with E-state index in [0.29, 0.717) is 19.5 Å². The molecule has 0 amide bonds. The third-order valence-corrected chi connectivity index (χ3v) is 5.40. The van der Waals surface area contributed by atoms with Crippen molar-refractivity contribution in [1.82, 2.24) is 9.80 Å². The van der Waals surface area contributed by atoms with E-state index in [2.05, 4.69) is 0 Å². The highest BCUT2D eigenvalue weighted by Crippen LogP contribution is 2.18. The lowest BCUT2D eigenvalue weighted by atomic mass is 9.89. The molecular weight excluding hydrogens is 392 g/mol. The van der Waals surface area contributed by atoms with Gasteiger partial charge in [0.25, 0.3) is 0 Å². The van der Waals surface area contributed by atoms with Gasteiger partial charge in [-0.25, -0.2) is 0 Å². The topological polar surface area (TPSA) is 74.8 Å². The maximum absolute atomic E-state index is 12.6. The Morgan fingerprint density at radius 2 is 0.871 bits per heavy atom. The lowest BCUT2D eigenvalue weighted by Gasteiger charge is -2.29. The highest BCUT2D eigenvalue weighted by Gasteiger charge is 2.28. The monoisotopic (exact) mass is 438 g/mol. The molecule has 6 heteroatoms. The molecule has 0 spiro atoms. The normalized spacial score (nSPS) is 12.8. The minimum atomic E-state index is -0.470. The Bertz CT molecular complexity index is 574. The molecule has 0 heterocycles. The molecule has 0 aliphatic heterocycles. The second kappa shape index (κ2) is 12.6. The number of carbonyl (C=O) groups excluding carboxylic acids is 4. The van der Waals surface area contributed by atoms with Gasteiger partial charge in [0.2, 0.25) is 0 Å². The van der Waals surface area contributed by atoms with Crippen molar-refractivity contribution in [2.75, 3.05) is 39.3 Å². The summed E-state index contributed by atoms with van der Waals surface area (Å²) in [5.41, 5.74) is -0.940. The Morgan fingerprint density at radius 3 is 1.13 bits per heavy atom. The molecule has 0 radical (unpaired) electrons. The number of carbonyl (C=O) groups is 4. The second-order valence-corrected chi connectivity index (χ2v) is 11.4. The molecule has 0 aromatic rings. The zero-order valence-electron chi connectivity index (χ0n) is 21.6. The lowest BCUT2D eigenvalue weighted by Crippen LogP contribution is -2.43. The number of rotatable bonds is 14. The summed E-state index contributed by atoms with van der Waals surface area (Å²) in [6.07, 6.45) is 0.672. The first-order chi connectivity index (χ1) is 13.9. The van der Waals surface area contributed by atoms with Crippen molar-refractivity contribution in [3.63, 3.8) is 0 Å². The van der Waals surface area contributed by atoms with Crippen LogP contribution in [0.1, 0.15) is 75.7 Å². The van der Waals surface area contributed by atoms with Gasteiger partial charge in [0.15, 0.2) is 11.6 Å². The van der Waals surface area contributed by atoms with Gasteiger partial charge >= 0.3 is 0 Å². The van der Waals surface area contributed by atoms with Gasteiger partial charge < -0.3 is 0 Å². The zero-order chi connectivity index (χ0) is 24.6. The average Bonchev–Trinajstić information content (AvgIpc) is 2.59. The van der Waals surface area contributed by atoms with Gasteiger partial charge in [-0.3, -0.25) is 29.0 Å².